The minimum absolute atomic E-state index is 0.0344. The molecule has 0 aliphatic carbocycles. The fraction of sp³-hybridized carbons (Fsp3) is 0.524. The Hall–Kier alpha value is -2.74. The van der Waals surface area contributed by atoms with E-state index in [4.69, 9.17) is 16.2 Å². The number of esters is 1. The second kappa shape index (κ2) is 13.4. The fourth-order valence-corrected chi connectivity index (χ4v) is 2.02. The highest BCUT2D eigenvalue weighted by Crippen LogP contribution is 2.13. The molecule has 29 heavy (non-hydrogen) atoms. The molecule has 0 aliphatic rings. The van der Waals surface area contributed by atoms with Crippen molar-refractivity contribution >= 4 is 24.1 Å². The lowest BCUT2D eigenvalue weighted by Crippen LogP contribution is -2.33. The highest BCUT2D eigenvalue weighted by molar-refractivity contribution is 5.89. The van der Waals surface area contributed by atoms with Crippen LogP contribution in [0.5, 0.6) is 0 Å². The molecule has 1 aromatic carbocycles. The minimum Gasteiger partial charge on any atom is -0.462 e. The molecule has 0 fully saturated rings. The number of primary amides is 1. The first-order chi connectivity index (χ1) is 13.5. The molecular formula is C21H32N2O6. The molecule has 0 bridgehead atoms. The van der Waals surface area contributed by atoms with Crippen LogP contribution in [-0.4, -0.2) is 35.8 Å². The van der Waals surface area contributed by atoms with Crippen LogP contribution in [-0.2, 0) is 35.3 Å². The lowest BCUT2D eigenvalue weighted by Gasteiger charge is -2.14. The van der Waals surface area contributed by atoms with Crippen molar-refractivity contribution in [2.75, 3.05) is 0 Å². The Morgan fingerprint density at radius 2 is 1.72 bits per heavy atom. The molecule has 0 saturated carbocycles. The van der Waals surface area contributed by atoms with E-state index in [0.29, 0.717) is 6.47 Å². The van der Waals surface area contributed by atoms with Crippen molar-refractivity contribution in [1.29, 1.82) is 0 Å². The molecule has 0 spiro atoms. The van der Waals surface area contributed by atoms with Gasteiger partial charge in [-0.15, -0.1) is 0 Å². The van der Waals surface area contributed by atoms with Gasteiger partial charge in [-0.1, -0.05) is 30.3 Å². The second-order valence-corrected chi connectivity index (χ2v) is 7.57. The fourth-order valence-electron chi connectivity index (χ4n) is 2.02. The largest absolute Gasteiger partial charge is 0.462 e. The zero-order valence-corrected chi connectivity index (χ0v) is 17.6. The number of carbonyl (C=O) groups is 4. The summed E-state index contributed by atoms with van der Waals surface area (Å²) < 4.78 is 9.66. The third-order valence-electron chi connectivity index (χ3n) is 3.70. The van der Waals surface area contributed by atoms with Crippen molar-refractivity contribution in [2.45, 2.75) is 65.2 Å². The number of ether oxygens (including phenoxy) is 2. The molecule has 0 aromatic heterocycles. The van der Waals surface area contributed by atoms with Crippen molar-refractivity contribution in [3.63, 3.8) is 0 Å². The third kappa shape index (κ3) is 14.0. The van der Waals surface area contributed by atoms with E-state index < -0.39 is 23.8 Å². The zero-order valence-electron chi connectivity index (χ0n) is 17.6. The van der Waals surface area contributed by atoms with Crippen LogP contribution in [0, 0.1) is 5.92 Å². The van der Waals surface area contributed by atoms with E-state index in [1.165, 1.54) is 0 Å². The number of hydrogen-bond acceptors (Lipinski definition) is 7. The lowest BCUT2D eigenvalue weighted by atomic mass is 9.94. The number of ketones is 1. The van der Waals surface area contributed by atoms with Crippen molar-refractivity contribution in [3.8, 4) is 0 Å². The minimum atomic E-state index is -0.692. The highest BCUT2D eigenvalue weighted by Gasteiger charge is 2.22. The van der Waals surface area contributed by atoms with Gasteiger partial charge in [-0.25, -0.2) is 0 Å². The molecule has 162 valence electrons. The Morgan fingerprint density at radius 1 is 1.14 bits per heavy atom. The molecule has 1 unspecified atom stereocenters. The Balaban J connectivity index is 0.000000956. The summed E-state index contributed by atoms with van der Waals surface area (Å²) in [7, 11) is 0. The SMILES string of the molecule is CC(C)(C)OC=O.CC(N)C(=O)C[C@@H](CCC(=O)OCc1ccccc1)C(N)=O. The van der Waals surface area contributed by atoms with E-state index in [9.17, 15) is 19.2 Å². The molecule has 1 amide bonds. The molecule has 0 heterocycles. The van der Waals surface area contributed by atoms with Crippen molar-refractivity contribution < 1.29 is 28.7 Å². The molecule has 1 rings (SSSR count). The topological polar surface area (TPSA) is 139 Å². The standard InChI is InChI=1S/C16H22N2O4.C5H10O2/c1-11(17)14(19)9-13(16(18)21)7-8-15(20)22-10-12-5-3-2-4-6-12;1-5(2,3)7-4-6/h2-6,11,13H,7-10,17H2,1H3,(H2,18,21);4H,1-3H3/t11?,13-;/m1./s1. The maximum absolute atomic E-state index is 11.7. The van der Waals surface area contributed by atoms with Crippen molar-refractivity contribution in [1.82, 2.24) is 0 Å². The van der Waals surface area contributed by atoms with Crippen LogP contribution in [0.25, 0.3) is 0 Å². The highest BCUT2D eigenvalue weighted by atomic mass is 16.5. The number of carbonyl (C=O) groups excluding carboxylic acids is 4. The number of amides is 1. The summed E-state index contributed by atoms with van der Waals surface area (Å²) >= 11 is 0. The third-order valence-corrected chi connectivity index (χ3v) is 3.70. The van der Waals surface area contributed by atoms with Crippen LogP contribution in [0.4, 0.5) is 0 Å². The van der Waals surface area contributed by atoms with Crippen LogP contribution < -0.4 is 11.5 Å². The first-order valence-electron chi connectivity index (χ1n) is 9.35. The van der Waals surface area contributed by atoms with Gasteiger partial charge in [0.25, 0.3) is 6.47 Å². The Morgan fingerprint density at radius 3 is 2.14 bits per heavy atom. The van der Waals surface area contributed by atoms with Gasteiger partial charge in [0.05, 0.1) is 6.04 Å². The zero-order chi connectivity index (χ0) is 22.4. The van der Waals surface area contributed by atoms with Crippen LogP contribution in [0.15, 0.2) is 30.3 Å². The summed E-state index contributed by atoms with van der Waals surface area (Å²) in [5, 5.41) is 0. The van der Waals surface area contributed by atoms with Gasteiger partial charge in [-0.2, -0.15) is 0 Å². The van der Waals surface area contributed by atoms with E-state index in [-0.39, 0.29) is 37.3 Å². The van der Waals surface area contributed by atoms with E-state index in [1.807, 2.05) is 51.1 Å². The first-order valence-corrected chi connectivity index (χ1v) is 9.35. The lowest BCUT2D eigenvalue weighted by molar-refractivity contribution is -0.145. The van der Waals surface area contributed by atoms with Gasteiger partial charge in [0.2, 0.25) is 5.91 Å². The molecule has 8 nitrogen and oxygen atoms in total. The van der Waals surface area contributed by atoms with Crippen molar-refractivity contribution in [3.05, 3.63) is 35.9 Å². The van der Waals surface area contributed by atoms with Crippen LogP contribution in [0.2, 0.25) is 0 Å². The van der Waals surface area contributed by atoms with E-state index in [2.05, 4.69) is 4.74 Å². The number of Topliss-reactive ketones (excluding diaryl/α,β-unsaturated/α-hetero) is 1. The van der Waals surface area contributed by atoms with Gasteiger partial charge in [-0.05, 0) is 39.7 Å². The van der Waals surface area contributed by atoms with E-state index >= 15 is 0 Å². The smallest absolute Gasteiger partial charge is 0.306 e. The predicted octanol–water partition coefficient (Wildman–Crippen LogP) is 1.88. The molecule has 2 atom stereocenters. The van der Waals surface area contributed by atoms with Gasteiger partial charge < -0.3 is 20.9 Å². The van der Waals surface area contributed by atoms with Crippen LogP contribution >= 0.6 is 0 Å². The van der Waals surface area contributed by atoms with Gasteiger partial charge in [0, 0.05) is 18.8 Å². The molecule has 0 saturated heterocycles. The average Bonchev–Trinajstić information content (AvgIpc) is 2.63. The molecule has 0 aliphatic heterocycles. The Bertz CT molecular complexity index is 653. The Labute approximate surface area is 171 Å². The maximum Gasteiger partial charge on any atom is 0.306 e. The summed E-state index contributed by atoms with van der Waals surface area (Å²) in [6, 6.07) is 8.63. The monoisotopic (exact) mass is 408 g/mol. The summed E-state index contributed by atoms with van der Waals surface area (Å²) in [5.41, 5.74) is 11.3. The maximum atomic E-state index is 11.7. The first kappa shape index (κ1) is 26.3. The molecule has 1 aromatic rings. The normalized spacial score (nSPS) is 12.6. The molecule has 0 radical (unpaired) electrons. The number of rotatable bonds is 10. The average molecular weight is 408 g/mol. The van der Waals surface area contributed by atoms with Crippen LogP contribution in [0.1, 0.15) is 52.5 Å². The summed E-state index contributed by atoms with van der Waals surface area (Å²) in [6.07, 6.45) is 0.174. The Kier molecular flexibility index (Phi) is 12.2. The van der Waals surface area contributed by atoms with Crippen LogP contribution in [0.3, 0.4) is 0 Å². The number of nitrogens with two attached hydrogens (primary N) is 2. The number of hydrogen-bond donors (Lipinski definition) is 2. The quantitative estimate of drug-likeness (QED) is 0.445. The summed E-state index contributed by atoms with van der Waals surface area (Å²) in [5.74, 6) is -1.97. The van der Waals surface area contributed by atoms with Gasteiger partial charge in [0.1, 0.15) is 18.0 Å². The van der Waals surface area contributed by atoms with Gasteiger partial charge >= 0.3 is 5.97 Å². The van der Waals surface area contributed by atoms with Gasteiger partial charge in [0.15, 0.2) is 0 Å². The second-order valence-electron chi connectivity index (χ2n) is 7.57. The van der Waals surface area contributed by atoms with E-state index in [1.54, 1.807) is 6.92 Å². The van der Waals surface area contributed by atoms with Gasteiger partial charge in [-0.3, -0.25) is 19.2 Å². The summed E-state index contributed by atoms with van der Waals surface area (Å²) in [6.45, 7) is 7.65. The van der Waals surface area contributed by atoms with E-state index in [0.717, 1.165) is 5.56 Å². The molecule has 4 N–H and O–H groups in total. The van der Waals surface area contributed by atoms with Crippen molar-refractivity contribution in [2.24, 2.45) is 17.4 Å². The molecular weight excluding hydrogens is 376 g/mol. The predicted molar refractivity (Wildman–Crippen MR) is 108 cm³/mol. The number of benzene rings is 1. The summed E-state index contributed by atoms with van der Waals surface area (Å²) in [4.78, 5) is 44.2. The molecule has 8 heteroatoms.